The zero-order valence-electron chi connectivity index (χ0n) is 14.3. The van der Waals surface area contributed by atoms with E-state index in [1.54, 1.807) is 12.1 Å². The van der Waals surface area contributed by atoms with Gasteiger partial charge in [-0.1, -0.05) is 23.8 Å². The van der Waals surface area contributed by atoms with Crippen LogP contribution in [0.2, 0.25) is 0 Å². The predicted octanol–water partition coefficient (Wildman–Crippen LogP) is 4.40. The van der Waals surface area contributed by atoms with Crippen molar-refractivity contribution in [2.24, 2.45) is 11.7 Å². The fraction of sp³-hybridized carbons (Fsp3) is 0.500. The lowest BCUT2D eigenvalue weighted by atomic mass is 9.73. The Morgan fingerprint density at radius 3 is 2.48 bits per heavy atom. The normalized spacial score (nSPS) is 21.1. The van der Waals surface area contributed by atoms with Gasteiger partial charge in [-0.15, -0.1) is 0 Å². The van der Waals surface area contributed by atoms with Gasteiger partial charge >= 0.3 is 0 Å². The van der Waals surface area contributed by atoms with Gasteiger partial charge in [0.25, 0.3) is 0 Å². The van der Waals surface area contributed by atoms with Crippen molar-refractivity contribution in [3.05, 3.63) is 47.1 Å². The highest BCUT2D eigenvalue weighted by molar-refractivity contribution is 5.51. The van der Waals surface area contributed by atoms with Crippen LogP contribution in [0.1, 0.15) is 56.6 Å². The lowest BCUT2D eigenvalue weighted by Crippen LogP contribution is -2.17. The summed E-state index contributed by atoms with van der Waals surface area (Å²) in [7, 11) is 0. The molecule has 3 nitrogen and oxygen atoms in total. The summed E-state index contributed by atoms with van der Waals surface area (Å²) < 4.78 is 0. The number of unbranched alkanes of at least 4 members (excludes halogenated alkanes) is 1. The first-order chi connectivity index (χ1) is 10.9. The van der Waals surface area contributed by atoms with E-state index in [1.165, 1.54) is 5.57 Å². The van der Waals surface area contributed by atoms with Gasteiger partial charge < -0.3 is 15.9 Å². The number of aryl methyl sites for hydroxylation is 1. The van der Waals surface area contributed by atoms with Crippen LogP contribution < -0.4 is 5.73 Å². The quantitative estimate of drug-likeness (QED) is 0.538. The first-order valence-electron chi connectivity index (χ1n) is 8.51. The minimum Gasteiger partial charge on any atom is -0.507 e. The van der Waals surface area contributed by atoms with E-state index in [9.17, 15) is 10.2 Å². The van der Waals surface area contributed by atoms with E-state index < -0.39 is 0 Å². The lowest BCUT2D eigenvalue weighted by molar-refractivity contribution is 0.406. The van der Waals surface area contributed by atoms with E-state index in [1.807, 2.05) is 6.92 Å². The van der Waals surface area contributed by atoms with Crippen LogP contribution >= 0.6 is 0 Å². The van der Waals surface area contributed by atoms with Crippen molar-refractivity contribution >= 4 is 0 Å². The summed E-state index contributed by atoms with van der Waals surface area (Å²) >= 11 is 0. The van der Waals surface area contributed by atoms with Gasteiger partial charge in [-0.2, -0.15) is 0 Å². The number of benzene rings is 1. The van der Waals surface area contributed by atoms with Crippen LogP contribution in [0.15, 0.2) is 35.9 Å². The Hall–Kier alpha value is -1.74. The monoisotopic (exact) mass is 315 g/mol. The summed E-state index contributed by atoms with van der Waals surface area (Å²) in [5, 5.41) is 21.0. The smallest absolute Gasteiger partial charge is 0.123 e. The molecule has 0 spiro atoms. The predicted molar refractivity (Wildman–Crippen MR) is 95.8 cm³/mol. The number of rotatable bonds is 6. The highest BCUT2D eigenvalue weighted by Gasteiger charge is 2.29. The summed E-state index contributed by atoms with van der Waals surface area (Å²) in [6.45, 7) is 8.91. The molecule has 0 aliphatic heterocycles. The average Bonchev–Trinajstić information content (AvgIpc) is 2.46. The molecule has 1 aliphatic rings. The third kappa shape index (κ3) is 4.17. The average molecular weight is 315 g/mol. The largest absolute Gasteiger partial charge is 0.507 e. The molecular formula is C20H29NO2. The third-order valence-electron chi connectivity index (χ3n) is 4.83. The Labute approximate surface area is 139 Å². The van der Waals surface area contributed by atoms with Gasteiger partial charge in [0.05, 0.1) is 0 Å². The van der Waals surface area contributed by atoms with Crippen LogP contribution in [-0.4, -0.2) is 16.8 Å². The minimum absolute atomic E-state index is 0.000609. The van der Waals surface area contributed by atoms with Crippen molar-refractivity contribution < 1.29 is 10.2 Å². The molecular weight excluding hydrogens is 286 g/mol. The van der Waals surface area contributed by atoms with Crippen molar-refractivity contribution in [3.8, 4) is 11.5 Å². The maximum atomic E-state index is 10.5. The van der Waals surface area contributed by atoms with Crippen LogP contribution in [0.5, 0.6) is 11.5 Å². The number of hydrogen-bond donors (Lipinski definition) is 3. The number of nitrogens with two attached hydrogens (primary N) is 1. The molecule has 126 valence electrons. The Morgan fingerprint density at radius 2 is 1.91 bits per heavy atom. The van der Waals surface area contributed by atoms with Gasteiger partial charge in [0.2, 0.25) is 0 Å². The minimum atomic E-state index is -0.000609. The summed E-state index contributed by atoms with van der Waals surface area (Å²) in [6, 6.07) is 3.58. The molecule has 4 N–H and O–H groups in total. The fourth-order valence-corrected chi connectivity index (χ4v) is 3.55. The molecule has 0 amide bonds. The Bertz CT molecular complexity index is 581. The maximum absolute atomic E-state index is 10.5. The number of allylic oxidation sites excluding steroid dienone is 3. The molecule has 0 aromatic heterocycles. The summed E-state index contributed by atoms with van der Waals surface area (Å²) in [4.78, 5) is 0. The van der Waals surface area contributed by atoms with E-state index in [4.69, 9.17) is 5.73 Å². The number of hydrogen-bond acceptors (Lipinski definition) is 3. The Morgan fingerprint density at radius 1 is 1.26 bits per heavy atom. The molecule has 0 bridgehead atoms. The zero-order valence-corrected chi connectivity index (χ0v) is 14.3. The Kier molecular flexibility index (Phi) is 5.89. The highest BCUT2D eigenvalue weighted by Crippen LogP contribution is 2.46. The van der Waals surface area contributed by atoms with Crippen LogP contribution in [0.4, 0.5) is 0 Å². The number of phenolic OH excluding ortho intramolecular Hbond substituents is 2. The number of phenols is 2. The van der Waals surface area contributed by atoms with E-state index in [2.05, 4.69) is 19.6 Å². The van der Waals surface area contributed by atoms with Gasteiger partial charge in [-0.05, 0) is 76.1 Å². The highest BCUT2D eigenvalue weighted by atomic mass is 16.3. The summed E-state index contributed by atoms with van der Waals surface area (Å²) in [5.74, 6) is 0.642. The molecule has 1 aromatic carbocycles. The van der Waals surface area contributed by atoms with E-state index in [-0.39, 0.29) is 23.3 Å². The SMILES string of the molecule is C=C(C)[C@@H]1CCC(C)=C[C@H]1c1c(O)cc(CCCCN)cc1O. The van der Waals surface area contributed by atoms with Crippen molar-refractivity contribution in [1.29, 1.82) is 0 Å². The summed E-state index contributed by atoms with van der Waals surface area (Å²) in [6.07, 6.45) is 6.97. The van der Waals surface area contributed by atoms with Crippen LogP contribution in [0, 0.1) is 5.92 Å². The molecule has 2 atom stereocenters. The molecule has 1 aromatic rings. The fourth-order valence-electron chi connectivity index (χ4n) is 3.55. The second kappa shape index (κ2) is 7.69. The van der Waals surface area contributed by atoms with Crippen molar-refractivity contribution in [3.63, 3.8) is 0 Å². The maximum Gasteiger partial charge on any atom is 0.123 e. The van der Waals surface area contributed by atoms with Gasteiger partial charge in [0, 0.05) is 11.5 Å². The van der Waals surface area contributed by atoms with E-state index >= 15 is 0 Å². The topological polar surface area (TPSA) is 66.5 Å². The van der Waals surface area contributed by atoms with E-state index in [0.29, 0.717) is 12.1 Å². The van der Waals surface area contributed by atoms with Gasteiger partial charge in [-0.25, -0.2) is 0 Å². The molecule has 0 fully saturated rings. The molecule has 3 heteroatoms. The van der Waals surface area contributed by atoms with Crippen molar-refractivity contribution in [2.75, 3.05) is 6.54 Å². The lowest BCUT2D eigenvalue weighted by Gasteiger charge is -2.31. The summed E-state index contributed by atoms with van der Waals surface area (Å²) in [5.41, 5.74) is 9.52. The zero-order chi connectivity index (χ0) is 17.0. The molecule has 2 rings (SSSR count). The van der Waals surface area contributed by atoms with Gasteiger partial charge in [0.15, 0.2) is 0 Å². The van der Waals surface area contributed by atoms with Gasteiger partial charge in [-0.3, -0.25) is 0 Å². The molecule has 23 heavy (non-hydrogen) atoms. The number of aromatic hydroxyl groups is 2. The van der Waals surface area contributed by atoms with Crippen LogP contribution in [0.25, 0.3) is 0 Å². The molecule has 0 unspecified atom stereocenters. The first kappa shape index (κ1) is 17.6. The standard InChI is InChI=1S/C20H29NO2/c1-13(2)16-8-7-14(3)10-17(16)20-18(22)11-15(12-19(20)23)6-4-5-9-21/h10-12,16-17,22-23H,1,4-9,21H2,2-3H3/t16-,17+/m0/s1. The first-order valence-corrected chi connectivity index (χ1v) is 8.51. The van der Waals surface area contributed by atoms with Gasteiger partial charge in [0.1, 0.15) is 11.5 Å². The molecule has 0 radical (unpaired) electrons. The molecule has 0 heterocycles. The third-order valence-corrected chi connectivity index (χ3v) is 4.83. The van der Waals surface area contributed by atoms with Crippen molar-refractivity contribution in [1.82, 2.24) is 0 Å². The van der Waals surface area contributed by atoms with E-state index in [0.717, 1.165) is 43.2 Å². The van der Waals surface area contributed by atoms with Crippen LogP contribution in [0.3, 0.4) is 0 Å². The van der Waals surface area contributed by atoms with Crippen molar-refractivity contribution in [2.45, 2.75) is 51.9 Å². The Balaban J connectivity index is 2.34. The molecule has 0 saturated heterocycles. The second-order valence-corrected chi connectivity index (χ2v) is 6.82. The second-order valence-electron chi connectivity index (χ2n) is 6.82. The van der Waals surface area contributed by atoms with Crippen LogP contribution in [-0.2, 0) is 6.42 Å². The molecule has 0 saturated carbocycles. The molecule has 1 aliphatic carbocycles.